The van der Waals surface area contributed by atoms with Crippen LogP contribution in [-0.2, 0) is 14.8 Å². The third-order valence-corrected chi connectivity index (χ3v) is 5.82. The van der Waals surface area contributed by atoms with Gasteiger partial charge in [-0.2, -0.15) is 9.40 Å². The van der Waals surface area contributed by atoms with E-state index in [4.69, 9.17) is 9.15 Å². The van der Waals surface area contributed by atoms with E-state index in [0.717, 1.165) is 0 Å². The summed E-state index contributed by atoms with van der Waals surface area (Å²) in [4.78, 5) is 0.176. The average Bonchev–Trinajstić information content (AvgIpc) is 3.25. The first kappa shape index (κ1) is 18.0. The van der Waals surface area contributed by atoms with Gasteiger partial charge in [-0.05, 0) is 13.8 Å². The van der Waals surface area contributed by atoms with E-state index in [1.807, 2.05) is 27.7 Å². The zero-order chi connectivity index (χ0) is 18.2. The maximum Gasteiger partial charge on any atom is 0.246 e. The molecule has 9 nitrogen and oxygen atoms in total. The molecule has 0 bridgehead atoms. The highest BCUT2D eigenvalue weighted by atomic mass is 32.2. The minimum Gasteiger partial charge on any atom is -0.422 e. The zero-order valence-corrected chi connectivity index (χ0v) is 15.6. The smallest absolute Gasteiger partial charge is 0.246 e. The van der Waals surface area contributed by atoms with E-state index in [1.54, 1.807) is 10.9 Å². The molecule has 1 aliphatic heterocycles. The summed E-state index contributed by atoms with van der Waals surface area (Å²) < 4.78 is 40.0. The van der Waals surface area contributed by atoms with Crippen molar-refractivity contribution in [2.24, 2.45) is 0 Å². The summed E-state index contributed by atoms with van der Waals surface area (Å²) in [6.07, 6.45) is 2.36. The van der Waals surface area contributed by atoms with E-state index in [0.29, 0.717) is 11.8 Å². The fourth-order valence-electron chi connectivity index (χ4n) is 2.49. The molecule has 138 valence electrons. The van der Waals surface area contributed by atoms with Crippen molar-refractivity contribution in [1.82, 2.24) is 24.3 Å². The molecule has 0 aliphatic carbocycles. The minimum absolute atomic E-state index is 0.0919. The molecule has 1 aliphatic rings. The van der Waals surface area contributed by atoms with Crippen molar-refractivity contribution in [3.8, 4) is 0 Å². The van der Waals surface area contributed by atoms with Crippen molar-refractivity contribution < 1.29 is 17.6 Å². The van der Waals surface area contributed by atoms with Gasteiger partial charge < -0.3 is 9.15 Å². The molecule has 2 aromatic heterocycles. The molecule has 0 saturated carbocycles. The number of rotatable bonds is 5. The van der Waals surface area contributed by atoms with Crippen molar-refractivity contribution in [3.05, 3.63) is 24.2 Å². The van der Waals surface area contributed by atoms with Gasteiger partial charge in [-0.25, -0.2) is 8.42 Å². The van der Waals surface area contributed by atoms with Crippen molar-refractivity contribution in [2.75, 3.05) is 19.7 Å². The lowest BCUT2D eigenvalue weighted by molar-refractivity contribution is -0.0179. The summed E-state index contributed by atoms with van der Waals surface area (Å²) in [6.45, 7) is 8.45. The Morgan fingerprint density at radius 1 is 1.24 bits per heavy atom. The summed E-state index contributed by atoms with van der Waals surface area (Å²) in [6, 6.07) is 0.0919. The second-order valence-corrected chi connectivity index (χ2v) is 8.54. The highest BCUT2D eigenvalue weighted by Crippen LogP contribution is 2.27. The fraction of sp³-hybridized carbons (Fsp3) is 0.667. The van der Waals surface area contributed by atoms with Crippen molar-refractivity contribution in [2.45, 2.75) is 50.7 Å². The Balaban J connectivity index is 1.79. The van der Waals surface area contributed by atoms with Crippen LogP contribution in [0.3, 0.4) is 0 Å². The van der Waals surface area contributed by atoms with E-state index in [-0.39, 0.29) is 36.6 Å². The van der Waals surface area contributed by atoms with Gasteiger partial charge in [-0.1, -0.05) is 13.8 Å². The Hall–Kier alpha value is -1.78. The highest BCUT2D eigenvalue weighted by molar-refractivity contribution is 7.89. The number of sulfonamides is 1. The standard InChI is InChI=1S/C15H23N5O4S/c1-10(2)14-17-18-15(24-14)13-9-19(5-6-23-13)25(21,22)12-7-16-20(8-12)11(3)4/h7-8,10-11,13H,5-6,9H2,1-4H3. The van der Waals surface area contributed by atoms with Crippen molar-refractivity contribution in [3.63, 3.8) is 0 Å². The third-order valence-electron chi connectivity index (χ3n) is 4.00. The molecule has 3 heterocycles. The Labute approximate surface area is 147 Å². The zero-order valence-electron chi connectivity index (χ0n) is 14.8. The van der Waals surface area contributed by atoms with Crippen LogP contribution < -0.4 is 0 Å². The van der Waals surface area contributed by atoms with Crippen LogP contribution in [0.15, 0.2) is 21.7 Å². The molecule has 10 heteroatoms. The number of ether oxygens (including phenoxy) is 1. The molecule has 0 aromatic carbocycles. The van der Waals surface area contributed by atoms with Crippen LogP contribution in [0, 0.1) is 0 Å². The Kier molecular flexibility index (Phi) is 4.94. The molecule has 1 atom stereocenters. The number of aromatic nitrogens is 4. The molecule has 25 heavy (non-hydrogen) atoms. The van der Waals surface area contributed by atoms with Crippen LogP contribution in [0.5, 0.6) is 0 Å². The van der Waals surface area contributed by atoms with Crippen LogP contribution >= 0.6 is 0 Å². The number of hydrogen-bond acceptors (Lipinski definition) is 7. The first-order chi connectivity index (χ1) is 11.8. The highest BCUT2D eigenvalue weighted by Gasteiger charge is 2.34. The maximum atomic E-state index is 12.9. The van der Waals surface area contributed by atoms with E-state index in [9.17, 15) is 8.42 Å². The van der Waals surface area contributed by atoms with Crippen molar-refractivity contribution >= 4 is 10.0 Å². The van der Waals surface area contributed by atoms with Crippen LogP contribution in [0.4, 0.5) is 0 Å². The molecular weight excluding hydrogens is 346 g/mol. The Morgan fingerprint density at radius 3 is 2.60 bits per heavy atom. The van der Waals surface area contributed by atoms with Crippen LogP contribution in [0.2, 0.25) is 0 Å². The molecule has 0 radical (unpaired) electrons. The monoisotopic (exact) mass is 369 g/mol. The van der Waals surface area contributed by atoms with Gasteiger partial charge in [-0.15, -0.1) is 10.2 Å². The topological polar surface area (TPSA) is 103 Å². The van der Waals surface area contributed by atoms with Gasteiger partial charge in [0.15, 0.2) is 0 Å². The van der Waals surface area contributed by atoms with Crippen LogP contribution in [0.25, 0.3) is 0 Å². The Morgan fingerprint density at radius 2 is 2.00 bits per heavy atom. The summed E-state index contributed by atoms with van der Waals surface area (Å²) >= 11 is 0. The summed E-state index contributed by atoms with van der Waals surface area (Å²) in [5, 5.41) is 12.1. The molecule has 1 fully saturated rings. The summed E-state index contributed by atoms with van der Waals surface area (Å²) in [7, 11) is -3.65. The molecular formula is C15H23N5O4S. The van der Waals surface area contributed by atoms with Gasteiger partial charge in [0.2, 0.25) is 21.8 Å². The van der Waals surface area contributed by atoms with E-state index in [1.165, 1.54) is 10.5 Å². The average molecular weight is 369 g/mol. The second kappa shape index (κ2) is 6.85. The normalized spacial score (nSPS) is 19.8. The maximum absolute atomic E-state index is 12.9. The SMILES string of the molecule is CC(C)c1nnc(C2CN(S(=O)(=O)c3cnn(C(C)C)c3)CCO2)o1. The number of hydrogen-bond donors (Lipinski definition) is 0. The van der Waals surface area contributed by atoms with Gasteiger partial charge in [0.25, 0.3) is 0 Å². The van der Waals surface area contributed by atoms with Gasteiger partial charge in [0.1, 0.15) is 11.0 Å². The van der Waals surface area contributed by atoms with E-state index >= 15 is 0 Å². The largest absolute Gasteiger partial charge is 0.422 e. The second-order valence-electron chi connectivity index (χ2n) is 6.61. The van der Waals surface area contributed by atoms with E-state index in [2.05, 4.69) is 15.3 Å². The molecule has 0 spiro atoms. The summed E-state index contributed by atoms with van der Waals surface area (Å²) in [5.74, 6) is 0.921. The quantitative estimate of drug-likeness (QED) is 0.790. The minimum atomic E-state index is -3.65. The molecule has 2 aromatic rings. The lowest BCUT2D eigenvalue weighted by atomic mass is 10.2. The lowest BCUT2D eigenvalue weighted by Gasteiger charge is -2.30. The molecule has 1 unspecified atom stereocenters. The van der Waals surface area contributed by atoms with Gasteiger partial charge in [0.05, 0.1) is 12.8 Å². The molecule has 1 saturated heterocycles. The number of nitrogens with zero attached hydrogens (tertiary/aromatic N) is 5. The first-order valence-electron chi connectivity index (χ1n) is 8.28. The molecule has 0 N–H and O–H groups in total. The predicted molar refractivity (Wildman–Crippen MR) is 88.5 cm³/mol. The van der Waals surface area contributed by atoms with Gasteiger partial charge >= 0.3 is 0 Å². The van der Waals surface area contributed by atoms with Crippen LogP contribution in [-0.4, -0.2) is 52.4 Å². The van der Waals surface area contributed by atoms with Gasteiger partial charge in [-0.3, -0.25) is 4.68 Å². The molecule has 3 rings (SSSR count). The molecule has 0 amide bonds. The van der Waals surface area contributed by atoms with Gasteiger partial charge in [0, 0.05) is 31.2 Å². The van der Waals surface area contributed by atoms with Crippen LogP contribution in [0.1, 0.15) is 57.5 Å². The number of morpholine rings is 1. The third kappa shape index (κ3) is 3.60. The Bertz CT molecular complexity index is 827. The fourth-order valence-corrected chi connectivity index (χ4v) is 3.85. The van der Waals surface area contributed by atoms with Crippen molar-refractivity contribution in [1.29, 1.82) is 0 Å². The predicted octanol–water partition coefficient (Wildman–Crippen LogP) is 1.73. The van der Waals surface area contributed by atoms with E-state index < -0.39 is 16.1 Å². The first-order valence-corrected chi connectivity index (χ1v) is 9.72. The lowest BCUT2D eigenvalue weighted by Crippen LogP contribution is -2.42. The summed E-state index contributed by atoms with van der Waals surface area (Å²) in [5.41, 5.74) is 0.